The van der Waals surface area contributed by atoms with E-state index in [1.165, 1.54) is 6.07 Å². The van der Waals surface area contributed by atoms with Crippen LogP contribution in [0.5, 0.6) is 0 Å². The molecule has 0 amide bonds. The van der Waals surface area contributed by atoms with Gasteiger partial charge in [-0.1, -0.05) is 26.0 Å². The highest BCUT2D eigenvalue weighted by atomic mass is 19.1. The van der Waals surface area contributed by atoms with E-state index in [2.05, 4.69) is 19.2 Å². The zero-order valence-electron chi connectivity index (χ0n) is 12.8. The number of aryl methyl sites for hydroxylation is 1. The van der Waals surface area contributed by atoms with Gasteiger partial charge in [0.25, 0.3) is 0 Å². The van der Waals surface area contributed by atoms with Crippen LogP contribution in [0.1, 0.15) is 32.8 Å². The molecule has 0 aliphatic rings. The summed E-state index contributed by atoms with van der Waals surface area (Å²) in [5.41, 5.74) is 1.27. The van der Waals surface area contributed by atoms with Crippen LogP contribution in [0, 0.1) is 18.7 Å². The predicted molar refractivity (Wildman–Crippen MR) is 80.5 cm³/mol. The van der Waals surface area contributed by atoms with Gasteiger partial charge in [0.2, 0.25) is 0 Å². The molecule has 0 aliphatic carbocycles. The Labute approximate surface area is 121 Å². The highest BCUT2D eigenvalue weighted by Gasteiger charge is 2.11. The fraction of sp³-hybridized carbons (Fsp3) is 0.625. The van der Waals surface area contributed by atoms with Crippen LogP contribution in [0.15, 0.2) is 18.2 Å². The molecule has 0 heterocycles. The Morgan fingerprint density at radius 3 is 2.60 bits per heavy atom. The van der Waals surface area contributed by atoms with E-state index in [4.69, 9.17) is 4.74 Å². The van der Waals surface area contributed by atoms with Crippen molar-refractivity contribution in [3.05, 3.63) is 29.6 Å². The lowest BCUT2D eigenvalue weighted by atomic mass is 10.1. The number of aliphatic hydroxyl groups is 1. The van der Waals surface area contributed by atoms with Gasteiger partial charge in [-0.15, -0.1) is 0 Å². The molecule has 2 unspecified atom stereocenters. The number of anilines is 1. The summed E-state index contributed by atoms with van der Waals surface area (Å²) < 4.78 is 19.2. The van der Waals surface area contributed by atoms with Crippen LogP contribution in [0.3, 0.4) is 0 Å². The number of hydrogen-bond acceptors (Lipinski definition) is 3. The van der Waals surface area contributed by atoms with Crippen molar-refractivity contribution in [2.75, 3.05) is 18.5 Å². The van der Waals surface area contributed by atoms with Gasteiger partial charge >= 0.3 is 0 Å². The zero-order valence-corrected chi connectivity index (χ0v) is 12.8. The summed E-state index contributed by atoms with van der Waals surface area (Å²) in [4.78, 5) is 0. The SMILES string of the molecule is Cc1cccc(F)c1NCC(O)COC(C)CC(C)C. The molecule has 0 saturated carbocycles. The maximum Gasteiger partial charge on any atom is 0.146 e. The molecule has 0 spiro atoms. The Bertz CT molecular complexity index is 389. The normalized spacial score (nSPS) is 14.3. The number of halogens is 1. The summed E-state index contributed by atoms with van der Waals surface area (Å²) in [6.07, 6.45) is 0.440. The van der Waals surface area contributed by atoms with Crippen LogP contribution in [-0.4, -0.2) is 30.5 Å². The highest BCUT2D eigenvalue weighted by molar-refractivity contribution is 5.51. The maximum atomic E-state index is 13.6. The fourth-order valence-electron chi connectivity index (χ4n) is 2.14. The quantitative estimate of drug-likeness (QED) is 0.768. The molecule has 4 heteroatoms. The Morgan fingerprint density at radius 2 is 2.00 bits per heavy atom. The van der Waals surface area contributed by atoms with Crippen LogP contribution in [0.2, 0.25) is 0 Å². The van der Waals surface area contributed by atoms with Crippen molar-refractivity contribution in [3.8, 4) is 0 Å². The lowest BCUT2D eigenvalue weighted by molar-refractivity contribution is -0.00445. The lowest BCUT2D eigenvalue weighted by Crippen LogP contribution is -2.27. The minimum atomic E-state index is -0.649. The highest BCUT2D eigenvalue weighted by Crippen LogP contribution is 2.18. The summed E-state index contributed by atoms with van der Waals surface area (Å²) in [7, 11) is 0. The number of benzene rings is 1. The summed E-state index contributed by atoms with van der Waals surface area (Å²) >= 11 is 0. The van der Waals surface area contributed by atoms with E-state index in [9.17, 15) is 9.50 Å². The average Bonchev–Trinajstić information content (AvgIpc) is 2.35. The van der Waals surface area contributed by atoms with Crippen molar-refractivity contribution in [2.45, 2.75) is 46.3 Å². The molecule has 0 bridgehead atoms. The molecule has 20 heavy (non-hydrogen) atoms. The van der Waals surface area contributed by atoms with Crippen molar-refractivity contribution < 1.29 is 14.2 Å². The Morgan fingerprint density at radius 1 is 1.30 bits per heavy atom. The Balaban J connectivity index is 2.35. The first kappa shape index (κ1) is 16.9. The van der Waals surface area contributed by atoms with E-state index in [-0.39, 0.29) is 25.1 Å². The third-order valence-corrected chi connectivity index (χ3v) is 3.11. The fourth-order valence-corrected chi connectivity index (χ4v) is 2.14. The number of hydrogen-bond donors (Lipinski definition) is 2. The van der Waals surface area contributed by atoms with Crippen molar-refractivity contribution in [2.24, 2.45) is 5.92 Å². The van der Waals surface area contributed by atoms with Gasteiger partial charge < -0.3 is 15.2 Å². The molecular formula is C16H26FNO2. The van der Waals surface area contributed by atoms with Gasteiger partial charge in [0.15, 0.2) is 0 Å². The number of para-hydroxylation sites is 1. The molecule has 1 aromatic carbocycles. The van der Waals surface area contributed by atoms with Gasteiger partial charge in [0.05, 0.1) is 24.5 Å². The van der Waals surface area contributed by atoms with Gasteiger partial charge in [-0.25, -0.2) is 4.39 Å². The second-order valence-electron chi connectivity index (χ2n) is 5.74. The van der Waals surface area contributed by atoms with Gasteiger partial charge in [-0.3, -0.25) is 0 Å². The summed E-state index contributed by atoms with van der Waals surface area (Å²) in [6.45, 7) is 8.64. The molecule has 0 fully saturated rings. The van der Waals surface area contributed by atoms with Gasteiger partial charge in [0, 0.05) is 6.54 Å². The molecule has 1 aromatic rings. The summed E-state index contributed by atoms with van der Waals surface area (Å²) in [5, 5.41) is 12.8. The molecule has 1 rings (SSSR count). The maximum absolute atomic E-state index is 13.6. The standard InChI is InChI=1S/C16H26FNO2/c1-11(2)8-13(4)20-10-14(19)9-18-16-12(3)6-5-7-15(16)17/h5-7,11,13-14,18-19H,8-10H2,1-4H3. The molecule has 2 atom stereocenters. The minimum Gasteiger partial charge on any atom is -0.389 e. The Hall–Kier alpha value is -1.13. The van der Waals surface area contributed by atoms with Crippen LogP contribution in [-0.2, 0) is 4.74 Å². The number of rotatable bonds is 8. The van der Waals surface area contributed by atoms with E-state index >= 15 is 0 Å². The topological polar surface area (TPSA) is 41.5 Å². The van der Waals surface area contributed by atoms with Gasteiger partial charge in [-0.2, -0.15) is 0 Å². The van der Waals surface area contributed by atoms with Crippen LogP contribution >= 0.6 is 0 Å². The molecule has 2 N–H and O–H groups in total. The molecule has 0 saturated heterocycles. The van der Waals surface area contributed by atoms with Crippen LogP contribution in [0.4, 0.5) is 10.1 Å². The largest absolute Gasteiger partial charge is 0.389 e. The second kappa shape index (κ2) is 8.22. The molecule has 0 aliphatic heterocycles. The van der Waals surface area contributed by atoms with Crippen molar-refractivity contribution in [1.82, 2.24) is 0 Å². The van der Waals surface area contributed by atoms with E-state index in [0.717, 1.165) is 12.0 Å². The summed E-state index contributed by atoms with van der Waals surface area (Å²) in [6, 6.07) is 4.91. The van der Waals surface area contributed by atoms with Gasteiger partial charge in [-0.05, 0) is 37.8 Å². The van der Waals surface area contributed by atoms with E-state index in [1.54, 1.807) is 6.07 Å². The van der Waals surface area contributed by atoms with Crippen molar-refractivity contribution in [3.63, 3.8) is 0 Å². The molecule has 0 aromatic heterocycles. The van der Waals surface area contributed by atoms with Crippen LogP contribution in [0.25, 0.3) is 0 Å². The molecule has 3 nitrogen and oxygen atoms in total. The molecule has 114 valence electrons. The zero-order chi connectivity index (χ0) is 15.1. The van der Waals surface area contributed by atoms with E-state index in [0.29, 0.717) is 11.6 Å². The Kier molecular flexibility index (Phi) is 6.96. The monoisotopic (exact) mass is 283 g/mol. The van der Waals surface area contributed by atoms with E-state index in [1.807, 2.05) is 19.9 Å². The number of aliphatic hydroxyl groups excluding tert-OH is 1. The first-order valence-corrected chi connectivity index (χ1v) is 7.18. The number of ether oxygens (including phenoxy) is 1. The second-order valence-corrected chi connectivity index (χ2v) is 5.74. The van der Waals surface area contributed by atoms with Gasteiger partial charge in [0.1, 0.15) is 5.82 Å². The molecular weight excluding hydrogens is 257 g/mol. The number of nitrogens with one attached hydrogen (secondary N) is 1. The smallest absolute Gasteiger partial charge is 0.146 e. The van der Waals surface area contributed by atoms with E-state index < -0.39 is 6.10 Å². The third-order valence-electron chi connectivity index (χ3n) is 3.11. The summed E-state index contributed by atoms with van der Waals surface area (Å²) in [5.74, 6) is 0.271. The third kappa shape index (κ3) is 5.88. The average molecular weight is 283 g/mol. The molecule has 0 radical (unpaired) electrons. The van der Waals surface area contributed by atoms with Crippen LogP contribution < -0.4 is 5.32 Å². The van der Waals surface area contributed by atoms with Crippen molar-refractivity contribution in [1.29, 1.82) is 0 Å². The minimum absolute atomic E-state index is 0.125. The first-order chi connectivity index (χ1) is 9.40. The first-order valence-electron chi connectivity index (χ1n) is 7.18. The van der Waals surface area contributed by atoms with Crippen molar-refractivity contribution >= 4 is 5.69 Å². The lowest BCUT2D eigenvalue weighted by Gasteiger charge is -2.19. The predicted octanol–water partition coefficient (Wildman–Crippen LogP) is 3.36.